The molecule has 3 rings (SSSR count). The summed E-state index contributed by atoms with van der Waals surface area (Å²) in [5.74, 6) is 0.842. The maximum atomic E-state index is 10.6. The molecule has 1 saturated heterocycles. The Morgan fingerprint density at radius 3 is 2.29 bits per heavy atom. The Balaban J connectivity index is 1.81. The number of hydrogen-bond acceptors (Lipinski definition) is 6. The Morgan fingerprint density at radius 1 is 0.929 bits per heavy atom. The second kappa shape index (κ2) is 9.03. The van der Waals surface area contributed by atoms with E-state index in [0.29, 0.717) is 6.61 Å². The largest absolute Gasteiger partial charge is 0.494 e. The molecular formula is C22H29NO5. The summed E-state index contributed by atoms with van der Waals surface area (Å²) >= 11 is 0. The van der Waals surface area contributed by atoms with Gasteiger partial charge in [0, 0.05) is 0 Å². The molecule has 0 bridgehead atoms. The summed E-state index contributed by atoms with van der Waals surface area (Å²) in [6.45, 7) is 2.28. The first-order valence-corrected chi connectivity index (χ1v) is 9.63. The van der Waals surface area contributed by atoms with Crippen LogP contribution in [-0.2, 0) is 6.42 Å². The van der Waals surface area contributed by atoms with Crippen LogP contribution in [0.2, 0.25) is 0 Å². The van der Waals surface area contributed by atoms with Crippen molar-refractivity contribution in [3.8, 4) is 5.75 Å². The predicted molar refractivity (Wildman–Crippen MR) is 106 cm³/mol. The maximum Gasteiger partial charge on any atom is 0.119 e. The first-order chi connectivity index (χ1) is 13.5. The third-order valence-corrected chi connectivity index (χ3v) is 5.50. The molecule has 1 heterocycles. The van der Waals surface area contributed by atoms with Crippen LogP contribution in [0.4, 0.5) is 0 Å². The van der Waals surface area contributed by atoms with Crippen molar-refractivity contribution in [2.45, 2.75) is 43.7 Å². The Hall–Kier alpha value is -1.96. The average Bonchev–Trinajstić information content (AvgIpc) is 2.69. The molecule has 4 N–H and O–H groups in total. The van der Waals surface area contributed by atoms with Crippen LogP contribution < -0.4 is 4.74 Å². The number of ether oxygens (including phenoxy) is 1. The minimum Gasteiger partial charge on any atom is -0.494 e. The highest BCUT2D eigenvalue weighted by atomic mass is 16.5. The molecule has 2 aromatic rings. The van der Waals surface area contributed by atoms with E-state index in [2.05, 4.69) is 0 Å². The van der Waals surface area contributed by atoms with E-state index < -0.39 is 30.4 Å². The Labute approximate surface area is 165 Å². The van der Waals surface area contributed by atoms with Gasteiger partial charge >= 0.3 is 0 Å². The molecule has 6 heteroatoms. The third-order valence-electron chi connectivity index (χ3n) is 5.50. The van der Waals surface area contributed by atoms with Crippen molar-refractivity contribution in [3.63, 3.8) is 0 Å². The van der Waals surface area contributed by atoms with Crippen LogP contribution in [0.25, 0.3) is 0 Å². The van der Waals surface area contributed by atoms with E-state index in [9.17, 15) is 20.4 Å². The fourth-order valence-electron chi connectivity index (χ4n) is 3.97. The highest BCUT2D eigenvalue weighted by Gasteiger charge is 2.46. The van der Waals surface area contributed by atoms with Crippen LogP contribution in [0.1, 0.15) is 29.7 Å². The van der Waals surface area contributed by atoms with E-state index in [1.165, 1.54) is 0 Å². The zero-order chi connectivity index (χ0) is 20.3. The van der Waals surface area contributed by atoms with Crippen LogP contribution in [0.5, 0.6) is 5.75 Å². The number of aliphatic hydroxyl groups is 4. The standard InChI is InChI=1S/C22H29NO5/c1-3-28-17-9-7-14(8-10-17)11-15-5-4-6-16(12-15)19-21(26)22(27)20(25)18(13-24)23(19)2/h4-10,12,18-22,24-27H,3,11,13H2,1-2H3/t18-,19+,20?,21+,22+/m1/s1. The van der Waals surface area contributed by atoms with E-state index >= 15 is 0 Å². The van der Waals surface area contributed by atoms with Gasteiger partial charge in [0.1, 0.15) is 24.1 Å². The summed E-state index contributed by atoms with van der Waals surface area (Å²) < 4.78 is 5.47. The number of piperidine rings is 1. The topological polar surface area (TPSA) is 93.4 Å². The van der Waals surface area contributed by atoms with Crippen molar-refractivity contribution in [1.82, 2.24) is 4.90 Å². The fourth-order valence-corrected chi connectivity index (χ4v) is 3.97. The minimum atomic E-state index is -1.31. The number of benzene rings is 2. The number of likely N-dealkylation sites (tertiary alicyclic amines) is 1. The van der Waals surface area contributed by atoms with Gasteiger partial charge in [-0.1, -0.05) is 36.4 Å². The summed E-state index contributed by atoms with van der Waals surface area (Å²) in [5, 5.41) is 40.5. The molecule has 0 saturated carbocycles. The quantitative estimate of drug-likeness (QED) is 0.593. The molecule has 0 aliphatic carbocycles. The number of nitrogens with zero attached hydrogens (tertiary/aromatic N) is 1. The Morgan fingerprint density at radius 2 is 1.64 bits per heavy atom. The third kappa shape index (κ3) is 4.21. The van der Waals surface area contributed by atoms with Gasteiger partial charge in [-0.3, -0.25) is 4.90 Å². The molecule has 1 unspecified atom stereocenters. The van der Waals surface area contributed by atoms with Gasteiger partial charge in [-0.25, -0.2) is 0 Å². The van der Waals surface area contributed by atoms with Gasteiger partial charge < -0.3 is 25.2 Å². The van der Waals surface area contributed by atoms with Gasteiger partial charge in [0.2, 0.25) is 0 Å². The molecule has 6 nitrogen and oxygen atoms in total. The molecule has 1 aliphatic heterocycles. The lowest BCUT2D eigenvalue weighted by Gasteiger charge is -2.47. The van der Waals surface area contributed by atoms with E-state index in [1.54, 1.807) is 11.9 Å². The summed E-state index contributed by atoms with van der Waals surface area (Å²) in [4.78, 5) is 1.73. The molecule has 1 fully saturated rings. The second-order valence-corrected chi connectivity index (χ2v) is 7.33. The number of aliphatic hydroxyl groups excluding tert-OH is 4. The maximum absolute atomic E-state index is 10.6. The zero-order valence-corrected chi connectivity index (χ0v) is 16.3. The zero-order valence-electron chi connectivity index (χ0n) is 16.3. The number of hydrogen-bond donors (Lipinski definition) is 4. The molecule has 0 radical (unpaired) electrons. The van der Waals surface area contributed by atoms with Gasteiger partial charge in [-0.15, -0.1) is 0 Å². The smallest absolute Gasteiger partial charge is 0.119 e. The first kappa shape index (κ1) is 20.8. The van der Waals surface area contributed by atoms with Gasteiger partial charge in [-0.05, 0) is 49.2 Å². The molecule has 2 aromatic carbocycles. The normalized spacial score (nSPS) is 28.3. The van der Waals surface area contributed by atoms with Crippen molar-refractivity contribution in [2.75, 3.05) is 20.3 Å². The van der Waals surface area contributed by atoms with Gasteiger partial charge in [0.25, 0.3) is 0 Å². The summed E-state index contributed by atoms with van der Waals surface area (Å²) in [7, 11) is 1.74. The van der Waals surface area contributed by atoms with Crippen molar-refractivity contribution < 1.29 is 25.2 Å². The molecule has 0 aromatic heterocycles. The lowest BCUT2D eigenvalue weighted by molar-refractivity contribution is -0.166. The molecule has 0 amide bonds. The van der Waals surface area contributed by atoms with Gasteiger partial charge in [0.15, 0.2) is 0 Å². The SMILES string of the molecule is CCOc1ccc(Cc2cccc([C@H]3[C@H](O)[C@@H](O)C(O)[C@@H](CO)N3C)c2)cc1. The van der Waals surface area contributed by atoms with Crippen LogP contribution in [0.15, 0.2) is 48.5 Å². The molecule has 152 valence electrons. The number of rotatable bonds is 6. The van der Waals surface area contributed by atoms with Crippen LogP contribution in [-0.4, -0.2) is 69.9 Å². The van der Waals surface area contributed by atoms with Crippen molar-refractivity contribution in [3.05, 3.63) is 65.2 Å². The first-order valence-electron chi connectivity index (χ1n) is 9.63. The Kier molecular flexibility index (Phi) is 6.69. The lowest BCUT2D eigenvalue weighted by atomic mass is 9.84. The van der Waals surface area contributed by atoms with Crippen molar-refractivity contribution in [2.24, 2.45) is 0 Å². The van der Waals surface area contributed by atoms with Crippen LogP contribution >= 0.6 is 0 Å². The summed E-state index contributed by atoms with van der Waals surface area (Å²) in [6.07, 6.45) is -2.94. The molecule has 5 atom stereocenters. The van der Waals surface area contributed by atoms with Gasteiger partial charge in [-0.2, -0.15) is 0 Å². The highest BCUT2D eigenvalue weighted by molar-refractivity contribution is 5.34. The molecule has 0 spiro atoms. The average molecular weight is 387 g/mol. The van der Waals surface area contributed by atoms with Gasteiger partial charge in [0.05, 0.1) is 25.3 Å². The summed E-state index contributed by atoms with van der Waals surface area (Å²) in [6, 6.07) is 14.6. The fraction of sp³-hybridized carbons (Fsp3) is 0.455. The minimum absolute atomic E-state index is 0.302. The van der Waals surface area contributed by atoms with E-state index in [1.807, 2.05) is 55.5 Å². The van der Waals surface area contributed by atoms with E-state index in [-0.39, 0.29) is 6.61 Å². The van der Waals surface area contributed by atoms with E-state index in [4.69, 9.17) is 4.74 Å². The molecule has 1 aliphatic rings. The summed E-state index contributed by atoms with van der Waals surface area (Å²) in [5.41, 5.74) is 3.05. The molecular weight excluding hydrogens is 358 g/mol. The highest BCUT2D eigenvalue weighted by Crippen LogP contribution is 2.34. The van der Waals surface area contributed by atoms with Crippen molar-refractivity contribution in [1.29, 1.82) is 0 Å². The van der Waals surface area contributed by atoms with Crippen LogP contribution in [0, 0.1) is 0 Å². The lowest BCUT2D eigenvalue weighted by Crippen LogP contribution is -2.62. The number of likely N-dealkylation sites (N-methyl/N-ethyl adjacent to an activating group) is 1. The van der Waals surface area contributed by atoms with Crippen molar-refractivity contribution >= 4 is 0 Å². The second-order valence-electron chi connectivity index (χ2n) is 7.33. The van der Waals surface area contributed by atoms with E-state index in [0.717, 1.165) is 28.9 Å². The van der Waals surface area contributed by atoms with Crippen LogP contribution in [0.3, 0.4) is 0 Å². The Bertz CT molecular complexity index is 766. The monoisotopic (exact) mass is 387 g/mol. The molecule has 28 heavy (non-hydrogen) atoms. The predicted octanol–water partition coefficient (Wildman–Crippen LogP) is 1.11.